The van der Waals surface area contributed by atoms with Gasteiger partial charge in [-0.3, -0.25) is 9.69 Å². The van der Waals surface area contributed by atoms with E-state index < -0.39 is 5.54 Å². The quantitative estimate of drug-likeness (QED) is 0.788. The fraction of sp³-hybridized carbons (Fsp3) is 0.619. The molecule has 1 aromatic rings. The fourth-order valence-corrected chi connectivity index (χ4v) is 4.55. The average molecular weight is 386 g/mol. The van der Waals surface area contributed by atoms with Crippen LogP contribution in [-0.4, -0.2) is 48.2 Å². The predicted octanol–water partition coefficient (Wildman–Crippen LogP) is 2.75. The SMILES string of the molecule is CC[C@]1(C)NC(=O)N(C2CC(Oc3cc(OC)cc4c3C3(CC3)CO4)C2)C1=O. The van der Waals surface area contributed by atoms with Gasteiger partial charge in [0.15, 0.2) is 0 Å². The van der Waals surface area contributed by atoms with Crippen LogP contribution < -0.4 is 19.5 Å². The number of methoxy groups -OCH3 is 1. The number of amides is 3. The third kappa shape index (κ3) is 2.41. The molecule has 1 spiro atoms. The van der Waals surface area contributed by atoms with Crippen LogP contribution in [-0.2, 0) is 10.2 Å². The van der Waals surface area contributed by atoms with E-state index in [9.17, 15) is 9.59 Å². The molecule has 3 fully saturated rings. The van der Waals surface area contributed by atoms with Gasteiger partial charge < -0.3 is 19.5 Å². The number of imide groups is 1. The first-order valence-corrected chi connectivity index (χ1v) is 10.1. The number of benzene rings is 1. The van der Waals surface area contributed by atoms with E-state index in [1.54, 1.807) is 14.0 Å². The molecule has 7 nitrogen and oxygen atoms in total. The normalized spacial score (nSPS) is 31.9. The Bertz CT molecular complexity index is 859. The summed E-state index contributed by atoms with van der Waals surface area (Å²) < 4.78 is 17.6. The van der Waals surface area contributed by atoms with E-state index in [1.807, 2.05) is 19.1 Å². The molecule has 0 unspecified atom stereocenters. The molecule has 5 rings (SSSR count). The van der Waals surface area contributed by atoms with Crippen LogP contribution in [0.2, 0.25) is 0 Å². The van der Waals surface area contributed by atoms with Crippen LogP contribution in [0.4, 0.5) is 4.79 Å². The van der Waals surface area contributed by atoms with Gasteiger partial charge in [-0.05, 0) is 26.2 Å². The highest BCUT2D eigenvalue weighted by Gasteiger charge is 2.54. The highest BCUT2D eigenvalue weighted by molar-refractivity contribution is 6.07. The van der Waals surface area contributed by atoms with E-state index in [-0.39, 0.29) is 29.5 Å². The highest BCUT2D eigenvalue weighted by Crippen LogP contribution is 2.59. The number of rotatable bonds is 5. The number of hydrogen-bond donors (Lipinski definition) is 1. The highest BCUT2D eigenvalue weighted by atomic mass is 16.5. The fourth-order valence-electron chi connectivity index (χ4n) is 4.55. The average Bonchev–Trinajstić information content (AvgIpc) is 3.28. The molecule has 0 bridgehead atoms. The minimum atomic E-state index is -0.785. The zero-order valence-electron chi connectivity index (χ0n) is 16.5. The standard InChI is InChI=1S/C21H26N2O5/c1-4-20(2)18(24)23(19(25)22-20)12-7-14(8-12)28-16-10-13(26-3)9-15-17(16)21(5-6-21)11-27-15/h9-10,12,14H,4-8,11H2,1-3H3,(H,22,25)/t12?,14?,20-/m0/s1. The molecule has 0 radical (unpaired) electrons. The van der Waals surface area contributed by atoms with Crippen molar-refractivity contribution in [2.24, 2.45) is 0 Å². The maximum atomic E-state index is 12.7. The summed E-state index contributed by atoms with van der Waals surface area (Å²) >= 11 is 0. The van der Waals surface area contributed by atoms with E-state index in [1.165, 1.54) is 4.90 Å². The van der Waals surface area contributed by atoms with Crippen molar-refractivity contribution in [2.75, 3.05) is 13.7 Å². The molecule has 2 aliphatic carbocycles. The number of nitrogens with one attached hydrogen (secondary N) is 1. The Kier molecular flexibility index (Phi) is 3.64. The molecule has 7 heteroatoms. The molecule has 1 N–H and O–H groups in total. The maximum Gasteiger partial charge on any atom is 0.325 e. The first-order valence-electron chi connectivity index (χ1n) is 10.1. The molecule has 1 atom stereocenters. The van der Waals surface area contributed by atoms with Crippen molar-refractivity contribution in [3.63, 3.8) is 0 Å². The number of carbonyl (C=O) groups is 2. The summed E-state index contributed by atoms with van der Waals surface area (Å²) in [6, 6.07) is 3.47. The molecular formula is C21H26N2O5. The molecule has 3 amide bonds. The second-order valence-corrected chi connectivity index (χ2v) is 8.72. The molecule has 0 aromatic heterocycles. The maximum absolute atomic E-state index is 12.7. The molecule has 2 aliphatic heterocycles. The van der Waals surface area contributed by atoms with Crippen molar-refractivity contribution in [3.05, 3.63) is 17.7 Å². The number of urea groups is 1. The van der Waals surface area contributed by atoms with E-state index >= 15 is 0 Å². The van der Waals surface area contributed by atoms with Crippen LogP contribution in [0.5, 0.6) is 17.2 Å². The molecule has 2 saturated carbocycles. The number of nitrogens with zero attached hydrogens (tertiary/aromatic N) is 1. The van der Waals surface area contributed by atoms with Gasteiger partial charge in [0.25, 0.3) is 5.91 Å². The number of carbonyl (C=O) groups excluding carboxylic acids is 2. The third-order valence-electron chi connectivity index (χ3n) is 6.89. The largest absolute Gasteiger partial charge is 0.496 e. The summed E-state index contributed by atoms with van der Waals surface area (Å²) in [5.74, 6) is 2.27. The van der Waals surface area contributed by atoms with Gasteiger partial charge in [-0.1, -0.05) is 6.92 Å². The van der Waals surface area contributed by atoms with Crippen molar-refractivity contribution >= 4 is 11.9 Å². The summed E-state index contributed by atoms with van der Waals surface area (Å²) in [6.45, 7) is 4.40. The monoisotopic (exact) mass is 386 g/mol. The van der Waals surface area contributed by atoms with E-state index in [4.69, 9.17) is 14.2 Å². The molecule has 150 valence electrons. The topological polar surface area (TPSA) is 77.1 Å². The van der Waals surface area contributed by atoms with E-state index in [2.05, 4.69) is 5.32 Å². The molecule has 4 aliphatic rings. The second-order valence-electron chi connectivity index (χ2n) is 8.72. The smallest absolute Gasteiger partial charge is 0.325 e. The summed E-state index contributed by atoms with van der Waals surface area (Å²) in [7, 11) is 1.63. The van der Waals surface area contributed by atoms with E-state index in [0.29, 0.717) is 25.9 Å². The van der Waals surface area contributed by atoms with Crippen molar-refractivity contribution < 1.29 is 23.8 Å². The predicted molar refractivity (Wildman–Crippen MR) is 101 cm³/mol. The Labute approximate surface area is 164 Å². The first kappa shape index (κ1) is 17.6. The van der Waals surface area contributed by atoms with E-state index in [0.717, 1.165) is 35.7 Å². The van der Waals surface area contributed by atoms with Crippen molar-refractivity contribution in [3.8, 4) is 17.2 Å². The summed E-state index contributed by atoms with van der Waals surface area (Å²) in [6.07, 6.45) is 4.10. The van der Waals surface area contributed by atoms with Gasteiger partial charge in [-0.15, -0.1) is 0 Å². The second kappa shape index (κ2) is 5.78. The van der Waals surface area contributed by atoms with Gasteiger partial charge in [-0.2, -0.15) is 0 Å². The van der Waals surface area contributed by atoms with Crippen LogP contribution in [0.3, 0.4) is 0 Å². The Balaban J connectivity index is 1.31. The van der Waals surface area contributed by atoms with Crippen LogP contribution in [0.1, 0.15) is 51.5 Å². The van der Waals surface area contributed by atoms with Crippen LogP contribution >= 0.6 is 0 Å². The zero-order chi connectivity index (χ0) is 19.7. The van der Waals surface area contributed by atoms with Crippen LogP contribution in [0, 0.1) is 0 Å². The van der Waals surface area contributed by atoms with Gasteiger partial charge in [0, 0.05) is 42.0 Å². The summed E-state index contributed by atoms with van der Waals surface area (Å²) in [5, 5.41) is 2.83. The van der Waals surface area contributed by atoms with Crippen LogP contribution in [0.25, 0.3) is 0 Å². The van der Waals surface area contributed by atoms with Gasteiger partial charge in [0.05, 0.1) is 13.7 Å². The number of fused-ring (bicyclic) bond motifs is 2. The van der Waals surface area contributed by atoms with Crippen molar-refractivity contribution in [1.29, 1.82) is 0 Å². The number of ether oxygens (including phenoxy) is 3. The minimum absolute atomic E-state index is 0.0216. The number of hydrogen-bond acceptors (Lipinski definition) is 5. The Hall–Kier alpha value is -2.44. The van der Waals surface area contributed by atoms with Crippen molar-refractivity contribution in [2.45, 2.75) is 69.1 Å². The minimum Gasteiger partial charge on any atom is -0.496 e. The lowest BCUT2D eigenvalue weighted by Gasteiger charge is -2.40. The lowest BCUT2D eigenvalue weighted by atomic mass is 9.86. The Morgan fingerprint density at radius 1 is 1.29 bits per heavy atom. The first-order chi connectivity index (χ1) is 13.4. The molecule has 28 heavy (non-hydrogen) atoms. The Morgan fingerprint density at radius 2 is 2.04 bits per heavy atom. The zero-order valence-corrected chi connectivity index (χ0v) is 16.5. The molecule has 1 aromatic carbocycles. The Morgan fingerprint density at radius 3 is 2.64 bits per heavy atom. The van der Waals surface area contributed by atoms with Gasteiger partial charge in [-0.25, -0.2) is 4.79 Å². The van der Waals surface area contributed by atoms with Gasteiger partial charge in [0.2, 0.25) is 0 Å². The van der Waals surface area contributed by atoms with Gasteiger partial charge in [0.1, 0.15) is 28.9 Å². The molecular weight excluding hydrogens is 360 g/mol. The van der Waals surface area contributed by atoms with Gasteiger partial charge >= 0.3 is 6.03 Å². The summed E-state index contributed by atoms with van der Waals surface area (Å²) in [5.41, 5.74) is 0.477. The van der Waals surface area contributed by atoms with Crippen LogP contribution in [0.15, 0.2) is 12.1 Å². The lowest BCUT2D eigenvalue weighted by Crippen LogP contribution is -2.52. The molecule has 2 heterocycles. The molecule has 1 saturated heterocycles. The third-order valence-corrected chi connectivity index (χ3v) is 6.89. The van der Waals surface area contributed by atoms with Crippen molar-refractivity contribution in [1.82, 2.24) is 10.2 Å². The summed E-state index contributed by atoms with van der Waals surface area (Å²) in [4.78, 5) is 26.4. The lowest BCUT2D eigenvalue weighted by molar-refractivity contribution is -0.135.